The molecule has 0 saturated heterocycles. The Morgan fingerprint density at radius 2 is 2.00 bits per heavy atom. The minimum Gasteiger partial charge on any atom is -0.326 e. The molecular weight excluding hydrogens is 214 g/mol. The van der Waals surface area contributed by atoms with E-state index >= 15 is 0 Å². The van der Waals surface area contributed by atoms with Crippen molar-refractivity contribution in [3.8, 4) is 0 Å². The van der Waals surface area contributed by atoms with Gasteiger partial charge in [-0.3, -0.25) is 4.79 Å². The molecule has 1 amide bonds. The first-order valence-corrected chi connectivity index (χ1v) is 6.49. The van der Waals surface area contributed by atoms with Gasteiger partial charge in [0.1, 0.15) is 0 Å². The highest BCUT2D eigenvalue weighted by molar-refractivity contribution is 7.90. The third kappa shape index (κ3) is 2.02. The Bertz CT molecular complexity index is 519. The molecule has 15 heavy (non-hydrogen) atoms. The van der Waals surface area contributed by atoms with Gasteiger partial charge in [-0.15, -0.1) is 0 Å². The van der Waals surface area contributed by atoms with E-state index in [0.717, 1.165) is 11.8 Å². The van der Waals surface area contributed by atoms with Crippen molar-refractivity contribution in [1.29, 1.82) is 0 Å². The topological polar surface area (TPSA) is 63.2 Å². The monoisotopic (exact) mass is 225 g/mol. The Balaban J connectivity index is 2.50. The lowest BCUT2D eigenvalue weighted by Crippen LogP contribution is -2.19. The van der Waals surface area contributed by atoms with Crippen molar-refractivity contribution >= 4 is 21.4 Å². The van der Waals surface area contributed by atoms with Crippen LogP contribution in [-0.2, 0) is 21.1 Å². The van der Waals surface area contributed by atoms with Crippen LogP contribution < -0.4 is 5.32 Å². The van der Waals surface area contributed by atoms with Crippen LogP contribution in [0.15, 0.2) is 23.1 Å². The van der Waals surface area contributed by atoms with Crippen LogP contribution in [-0.4, -0.2) is 20.6 Å². The van der Waals surface area contributed by atoms with E-state index in [0.29, 0.717) is 18.5 Å². The number of carbonyl (C=O) groups excluding carboxylic acids is 1. The van der Waals surface area contributed by atoms with Crippen LogP contribution in [0, 0.1) is 0 Å². The van der Waals surface area contributed by atoms with Crippen LogP contribution >= 0.6 is 0 Å². The van der Waals surface area contributed by atoms with Gasteiger partial charge in [-0.1, -0.05) is 6.07 Å². The first-order chi connectivity index (χ1) is 6.97. The van der Waals surface area contributed by atoms with Crippen LogP contribution in [0.3, 0.4) is 0 Å². The van der Waals surface area contributed by atoms with Gasteiger partial charge in [-0.05, 0) is 24.1 Å². The molecule has 2 rings (SSSR count). The molecule has 5 heteroatoms. The molecule has 1 N–H and O–H groups in total. The fraction of sp³-hybridized carbons (Fsp3) is 0.300. The van der Waals surface area contributed by atoms with E-state index in [1.165, 1.54) is 6.07 Å². The standard InChI is InChI=1S/C10H11NO3S/c1-15(13,14)8-4-2-7-3-5-10(12)11-9(7)6-8/h2,4,6H,3,5H2,1H3,(H,11,12). The molecule has 1 heterocycles. The SMILES string of the molecule is CS(=O)(=O)c1ccc2c(c1)NC(=O)CC2. The summed E-state index contributed by atoms with van der Waals surface area (Å²) >= 11 is 0. The van der Waals surface area contributed by atoms with E-state index in [4.69, 9.17) is 0 Å². The smallest absolute Gasteiger partial charge is 0.224 e. The van der Waals surface area contributed by atoms with Crippen molar-refractivity contribution in [2.75, 3.05) is 11.6 Å². The van der Waals surface area contributed by atoms with Gasteiger partial charge in [0.2, 0.25) is 5.91 Å². The van der Waals surface area contributed by atoms with Crippen molar-refractivity contribution in [2.24, 2.45) is 0 Å². The van der Waals surface area contributed by atoms with Crippen LogP contribution in [0.5, 0.6) is 0 Å². The summed E-state index contributed by atoms with van der Waals surface area (Å²) in [5.41, 5.74) is 1.61. The van der Waals surface area contributed by atoms with Gasteiger partial charge >= 0.3 is 0 Å². The van der Waals surface area contributed by atoms with Crippen LogP contribution in [0.4, 0.5) is 5.69 Å². The van der Waals surface area contributed by atoms with Crippen molar-refractivity contribution in [1.82, 2.24) is 0 Å². The van der Waals surface area contributed by atoms with Gasteiger partial charge in [0.25, 0.3) is 0 Å². The number of amides is 1. The number of sulfone groups is 1. The molecule has 1 aromatic carbocycles. The van der Waals surface area contributed by atoms with Crippen molar-refractivity contribution in [2.45, 2.75) is 17.7 Å². The fourth-order valence-corrected chi connectivity index (χ4v) is 2.23. The lowest BCUT2D eigenvalue weighted by atomic mass is 10.0. The molecule has 0 aliphatic carbocycles. The largest absolute Gasteiger partial charge is 0.326 e. The number of benzene rings is 1. The second-order valence-corrected chi connectivity index (χ2v) is 5.66. The molecule has 4 nitrogen and oxygen atoms in total. The lowest BCUT2D eigenvalue weighted by Gasteiger charge is -2.17. The summed E-state index contributed by atoms with van der Waals surface area (Å²) in [4.78, 5) is 11.4. The maximum Gasteiger partial charge on any atom is 0.224 e. The van der Waals surface area contributed by atoms with Crippen LogP contribution in [0.2, 0.25) is 0 Å². The summed E-state index contributed by atoms with van der Waals surface area (Å²) < 4.78 is 22.6. The zero-order chi connectivity index (χ0) is 11.1. The number of rotatable bonds is 1. The summed E-state index contributed by atoms with van der Waals surface area (Å²) in [6, 6.07) is 4.85. The maximum atomic E-state index is 11.3. The number of hydrogen-bond acceptors (Lipinski definition) is 3. The highest BCUT2D eigenvalue weighted by atomic mass is 32.2. The quantitative estimate of drug-likeness (QED) is 0.774. The predicted octanol–water partition coefficient (Wildman–Crippen LogP) is 0.975. The number of anilines is 1. The Morgan fingerprint density at radius 1 is 1.27 bits per heavy atom. The third-order valence-corrected chi connectivity index (χ3v) is 3.52. The Labute approximate surface area is 88.2 Å². The normalized spacial score (nSPS) is 15.7. The zero-order valence-electron chi connectivity index (χ0n) is 8.28. The number of carbonyl (C=O) groups is 1. The van der Waals surface area contributed by atoms with Gasteiger partial charge in [-0.25, -0.2) is 8.42 Å². The number of hydrogen-bond donors (Lipinski definition) is 1. The zero-order valence-corrected chi connectivity index (χ0v) is 9.10. The summed E-state index contributed by atoms with van der Waals surface area (Å²) in [6.07, 6.45) is 2.29. The molecule has 80 valence electrons. The summed E-state index contributed by atoms with van der Waals surface area (Å²) in [7, 11) is -3.21. The molecule has 0 radical (unpaired) electrons. The van der Waals surface area contributed by atoms with Crippen molar-refractivity contribution in [3.05, 3.63) is 23.8 Å². The molecule has 0 bridgehead atoms. The van der Waals surface area contributed by atoms with E-state index < -0.39 is 9.84 Å². The Morgan fingerprint density at radius 3 is 2.67 bits per heavy atom. The number of fused-ring (bicyclic) bond motifs is 1. The first kappa shape index (κ1) is 10.2. The lowest BCUT2D eigenvalue weighted by molar-refractivity contribution is -0.116. The molecule has 0 saturated carbocycles. The van der Waals surface area contributed by atoms with E-state index in [1.54, 1.807) is 12.1 Å². The van der Waals surface area contributed by atoms with Gasteiger partial charge in [-0.2, -0.15) is 0 Å². The molecule has 0 atom stereocenters. The highest BCUT2D eigenvalue weighted by Crippen LogP contribution is 2.25. The van der Waals surface area contributed by atoms with Crippen molar-refractivity contribution in [3.63, 3.8) is 0 Å². The third-order valence-electron chi connectivity index (χ3n) is 2.40. The van der Waals surface area contributed by atoms with Gasteiger partial charge in [0, 0.05) is 18.4 Å². The number of aryl methyl sites for hydroxylation is 1. The van der Waals surface area contributed by atoms with Gasteiger partial charge in [0.05, 0.1) is 4.90 Å². The predicted molar refractivity (Wildman–Crippen MR) is 56.5 cm³/mol. The molecule has 0 fully saturated rings. The average molecular weight is 225 g/mol. The van der Waals surface area contributed by atoms with Crippen LogP contribution in [0.1, 0.15) is 12.0 Å². The van der Waals surface area contributed by atoms with Gasteiger partial charge in [0.15, 0.2) is 9.84 Å². The molecule has 0 aromatic heterocycles. The number of nitrogens with one attached hydrogen (secondary N) is 1. The van der Waals surface area contributed by atoms with Gasteiger partial charge < -0.3 is 5.32 Å². The van der Waals surface area contributed by atoms with Crippen molar-refractivity contribution < 1.29 is 13.2 Å². The maximum absolute atomic E-state index is 11.3. The molecule has 1 aromatic rings. The summed E-state index contributed by atoms with van der Waals surface area (Å²) in [6.45, 7) is 0. The summed E-state index contributed by atoms with van der Waals surface area (Å²) in [5, 5.41) is 2.67. The second kappa shape index (κ2) is 3.34. The molecule has 1 aliphatic rings. The Hall–Kier alpha value is -1.36. The first-order valence-electron chi connectivity index (χ1n) is 4.59. The summed E-state index contributed by atoms with van der Waals surface area (Å²) in [5.74, 6) is -0.0619. The molecule has 0 spiro atoms. The van der Waals surface area contributed by atoms with E-state index in [-0.39, 0.29) is 10.8 Å². The molecule has 0 unspecified atom stereocenters. The minimum absolute atomic E-state index is 0.0619. The molecule has 1 aliphatic heterocycles. The fourth-order valence-electron chi connectivity index (χ4n) is 1.58. The van der Waals surface area contributed by atoms with Crippen LogP contribution in [0.25, 0.3) is 0 Å². The second-order valence-electron chi connectivity index (χ2n) is 3.64. The van der Waals surface area contributed by atoms with E-state index in [9.17, 15) is 13.2 Å². The minimum atomic E-state index is -3.21. The Kier molecular flexibility index (Phi) is 2.26. The van der Waals surface area contributed by atoms with E-state index in [2.05, 4.69) is 5.32 Å². The van der Waals surface area contributed by atoms with E-state index in [1.807, 2.05) is 0 Å². The molecular formula is C10H11NO3S. The highest BCUT2D eigenvalue weighted by Gasteiger charge is 2.17. The average Bonchev–Trinajstić information content (AvgIpc) is 2.15.